The molecule has 0 aliphatic carbocycles. The summed E-state index contributed by atoms with van der Waals surface area (Å²) in [5.74, 6) is 1.70. The summed E-state index contributed by atoms with van der Waals surface area (Å²) in [5.41, 5.74) is 0.0365. The maximum atomic E-state index is 11.8. The van der Waals surface area contributed by atoms with E-state index in [-0.39, 0.29) is 11.3 Å². The fourth-order valence-corrected chi connectivity index (χ4v) is 2.74. The number of thioether (sulfide) groups is 1. The molecule has 1 rings (SSSR count). The second kappa shape index (κ2) is 8.56. The monoisotopic (exact) mass is 326 g/mol. The smallest absolute Gasteiger partial charge is 0.220 e. The highest BCUT2D eigenvalue weighted by Crippen LogP contribution is 2.18. The molecular weight excluding hydrogens is 296 g/mol. The van der Waals surface area contributed by atoms with Crippen LogP contribution in [-0.4, -0.2) is 33.5 Å². The summed E-state index contributed by atoms with van der Waals surface area (Å²) >= 11 is 1.63. The van der Waals surface area contributed by atoms with Gasteiger partial charge in [0, 0.05) is 25.9 Å². The number of rotatable bonds is 8. The first kappa shape index (κ1) is 19.0. The van der Waals surface area contributed by atoms with Gasteiger partial charge in [-0.05, 0) is 24.0 Å². The summed E-state index contributed by atoms with van der Waals surface area (Å²) in [7, 11) is 0. The van der Waals surface area contributed by atoms with E-state index < -0.39 is 0 Å². The van der Waals surface area contributed by atoms with E-state index in [1.165, 1.54) is 0 Å². The topological polar surface area (TPSA) is 59.8 Å². The lowest BCUT2D eigenvalue weighted by Crippen LogP contribution is -2.28. The van der Waals surface area contributed by atoms with Gasteiger partial charge in [0.05, 0.1) is 0 Å². The van der Waals surface area contributed by atoms with Crippen molar-refractivity contribution < 1.29 is 4.79 Å². The molecule has 1 aromatic heterocycles. The molecule has 0 atom stereocenters. The van der Waals surface area contributed by atoms with Gasteiger partial charge in [0.25, 0.3) is 0 Å². The standard InChI is InChI=1S/C16H30N4OS/c1-12(2)11-20-13(18-19-15(20)22-6)8-7-9-17-14(21)10-16(3,4)5/h12H,7-11H2,1-6H3,(H,17,21). The minimum absolute atomic E-state index is 0.0365. The molecule has 22 heavy (non-hydrogen) atoms. The van der Waals surface area contributed by atoms with E-state index in [0.717, 1.165) is 30.4 Å². The Balaban J connectivity index is 2.45. The molecule has 0 aromatic carbocycles. The molecule has 1 heterocycles. The van der Waals surface area contributed by atoms with Gasteiger partial charge in [0.15, 0.2) is 5.16 Å². The van der Waals surface area contributed by atoms with Crippen molar-refractivity contribution in [1.82, 2.24) is 20.1 Å². The molecule has 0 fully saturated rings. The van der Waals surface area contributed by atoms with Crippen LogP contribution in [0.2, 0.25) is 0 Å². The molecule has 126 valence electrons. The molecule has 0 aliphatic rings. The van der Waals surface area contributed by atoms with Crippen LogP contribution < -0.4 is 5.32 Å². The van der Waals surface area contributed by atoms with E-state index in [1.807, 2.05) is 6.26 Å². The van der Waals surface area contributed by atoms with Crippen molar-refractivity contribution in [3.8, 4) is 0 Å². The largest absolute Gasteiger partial charge is 0.356 e. The maximum absolute atomic E-state index is 11.8. The third-order valence-corrected chi connectivity index (χ3v) is 3.78. The van der Waals surface area contributed by atoms with Crippen molar-refractivity contribution >= 4 is 17.7 Å². The number of amides is 1. The lowest BCUT2D eigenvalue weighted by molar-refractivity contribution is -0.122. The van der Waals surface area contributed by atoms with Gasteiger partial charge < -0.3 is 9.88 Å². The molecule has 0 aliphatic heterocycles. The first-order valence-corrected chi connectivity index (χ1v) is 9.18. The van der Waals surface area contributed by atoms with E-state index in [4.69, 9.17) is 0 Å². The molecule has 6 heteroatoms. The quantitative estimate of drug-likeness (QED) is 0.589. The molecule has 0 unspecified atom stereocenters. The SMILES string of the molecule is CSc1nnc(CCCNC(=O)CC(C)(C)C)n1CC(C)C. The first-order valence-electron chi connectivity index (χ1n) is 7.95. The molecule has 0 saturated carbocycles. The Morgan fingerprint density at radius 2 is 2.00 bits per heavy atom. The molecule has 0 radical (unpaired) electrons. The van der Waals surface area contributed by atoms with Crippen LogP contribution in [0.1, 0.15) is 53.3 Å². The Labute approximate surface area is 138 Å². The van der Waals surface area contributed by atoms with E-state index in [2.05, 4.69) is 54.7 Å². The molecule has 1 aromatic rings. The number of hydrogen-bond donors (Lipinski definition) is 1. The summed E-state index contributed by atoms with van der Waals surface area (Å²) in [6.07, 6.45) is 4.32. The van der Waals surface area contributed by atoms with Gasteiger partial charge in [0.2, 0.25) is 5.91 Å². The second-order valence-corrected chi connectivity index (χ2v) is 8.07. The van der Waals surface area contributed by atoms with E-state index in [1.54, 1.807) is 11.8 Å². The summed E-state index contributed by atoms with van der Waals surface area (Å²) in [6, 6.07) is 0. The van der Waals surface area contributed by atoms with Crippen LogP contribution in [-0.2, 0) is 17.8 Å². The number of nitrogens with zero attached hydrogens (tertiary/aromatic N) is 3. The van der Waals surface area contributed by atoms with Crippen molar-refractivity contribution in [2.75, 3.05) is 12.8 Å². The minimum atomic E-state index is 0.0365. The van der Waals surface area contributed by atoms with Gasteiger partial charge in [-0.1, -0.05) is 46.4 Å². The van der Waals surface area contributed by atoms with Gasteiger partial charge in [-0.3, -0.25) is 4.79 Å². The fourth-order valence-electron chi connectivity index (χ4n) is 2.22. The Morgan fingerprint density at radius 1 is 1.32 bits per heavy atom. The Morgan fingerprint density at radius 3 is 2.55 bits per heavy atom. The molecule has 0 saturated heterocycles. The summed E-state index contributed by atoms with van der Waals surface area (Å²) < 4.78 is 2.20. The van der Waals surface area contributed by atoms with Crippen molar-refractivity contribution in [3.05, 3.63) is 5.82 Å². The number of carbonyl (C=O) groups is 1. The van der Waals surface area contributed by atoms with Crippen LogP contribution >= 0.6 is 11.8 Å². The zero-order chi connectivity index (χ0) is 16.8. The third kappa shape index (κ3) is 6.81. The van der Waals surface area contributed by atoms with Crippen LogP contribution in [0, 0.1) is 11.3 Å². The fraction of sp³-hybridized carbons (Fsp3) is 0.812. The van der Waals surface area contributed by atoms with Gasteiger partial charge in [-0.2, -0.15) is 0 Å². The average molecular weight is 327 g/mol. The third-order valence-electron chi connectivity index (χ3n) is 3.11. The Bertz CT molecular complexity index is 477. The minimum Gasteiger partial charge on any atom is -0.356 e. The zero-order valence-corrected chi connectivity index (χ0v) is 15.6. The number of nitrogens with one attached hydrogen (secondary N) is 1. The lowest BCUT2D eigenvalue weighted by atomic mass is 9.92. The van der Waals surface area contributed by atoms with Gasteiger partial charge >= 0.3 is 0 Å². The molecule has 5 nitrogen and oxygen atoms in total. The van der Waals surface area contributed by atoms with Crippen molar-refractivity contribution in [1.29, 1.82) is 0 Å². The van der Waals surface area contributed by atoms with Crippen LogP contribution in [0.4, 0.5) is 0 Å². The van der Waals surface area contributed by atoms with E-state index >= 15 is 0 Å². The normalized spacial score (nSPS) is 12.0. The predicted molar refractivity (Wildman–Crippen MR) is 92.0 cm³/mol. The summed E-state index contributed by atoms with van der Waals surface area (Å²) in [4.78, 5) is 11.8. The molecule has 0 bridgehead atoms. The maximum Gasteiger partial charge on any atom is 0.220 e. The van der Waals surface area contributed by atoms with Crippen LogP contribution in [0.3, 0.4) is 0 Å². The summed E-state index contributed by atoms with van der Waals surface area (Å²) in [5, 5.41) is 12.5. The van der Waals surface area contributed by atoms with E-state index in [9.17, 15) is 4.79 Å². The Kier molecular flexibility index (Phi) is 7.39. The molecule has 1 N–H and O–H groups in total. The van der Waals surface area contributed by atoms with Crippen LogP contribution in [0.25, 0.3) is 0 Å². The van der Waals surface area contributed by atoms with E-state index in [0.29, 0.717) is 18.9 Å². The predicted octanol–water partition coefficient (Wildman–Crippen LogP) is 3.14. The molecule has 0 spiro atoms. The van der Waals surface area contributed by atoms with Crippen LogP contribution in [0.15, 0.2) is 5.16 Å². The highest BCUT2D eigenvalue weighted by atomic mass is 32.2. The lowest BCUT2D eigenvalue weighted by Gasteiger charge is -2.17. The summed E-state index contributed by atoms with van der Waals surface area (Å²) in [6.45, 7) is 12.2. The average Bonchev–Trinajstić information content (AvgIpc) is 2.74. The highest BCUT2D eigenvalue weighted by molar-refractivity contribution is 7.98. The number of hydrogen-bond acceptors (Lipinski definition) is 4. The number of aryl methyl sites for hydroxylation is 1. The Hall–Kier alpha value is -1.04. The molecular formula is C16H30N4OS. The highest BCUT2D eigenvalue weighted by Gasteiger charge is 2.16. The van der Waals surface area contributed by atoms with Crippen molar-refractivity contribution in [2.45, 2.75) is 65.6 Å². The van der Waals surface area contributed by atoms with Crippen LogP contribution in [0.5, 0.6) is 0 Å². The molecule has 1 amide bonds. The van der Waals surface area contributed by atoms with Crippen molar-refractivity contribution in [3.63, 3.8) is 0 Å². The number of aromatic nitrogens is 3. The van der Waals surface area contributed by atoms with Crippen molar-refractivity contribution in [2.24, 2.45) is 11.3 Å². The van der Waals surface area contributed by atoms with Gasteiger partial charge in [-0.25, -0.2) is 0 Å². The second-order valence-electron chi connectivity index (χ2n) is 7.30. The number of carbonyl (C=O) groups excluding carboxylic acids is 1. The zero-order valence-electron chi connectivity index (χ0n) is 14.8. The first-order chi connectivity index (χ1) is 10.2. The van der Waals surface area contributed by atoms with Gasteiger partial charge in [-0.15, -0.1) is 10.2 Å². The van der Waals surface area contributed by atoms with Gasteiger partial charge in [0.1, 0.15) is 5.82 Å².